The van der Waals surface area contributed by atoms with Gasteiger partial charge in [0, 0.05) is 13.6 Å². The van der Waals surface area contributed by atoms with E-state index in [1.54, 1.807) is 11.3 Å². The van der Waals surface area contributed by atoms with Crippen molar-refractivity contribution in [2.45, 2.75) is 18.7 Å². The standard InChI is InChI=1S/C9H12Cl2N2S/c1-13(5-6-2-3-6)9-12-8(11)7(4-10)14-9/h6H,2-5H2,1H3. The van der Waals surface area contributed by atoms with E-state index in [9.17, 15) is 0 Å². The van der Waals surface area contributed by atoms with Gasteiger partial charge in [-0.15, -0.1) is 11.6 Å². The van der Waals surface area contributed by atoms with Crippen molar-refractivity contribution in [1.29, 1.82) is 0 Å². The Morgan fingerprint density at radius 1 is 1.57 bits per heavy atom. The molecule has 1 aliphatic rings. The predicted octanol–water partition coefficient (Wildman–Crippen LogP) is 3.38. The van der Waals surface area contributed by atoms with E-state index in [4.69, 9.17) is 23.2 Å². The second kappa shape index (κ2) is 4.25. The van der Waals surface area contributed by atoms with Gasteiger partial charge >= 0.3 is 0 Å². The molecule has 2 nitrogen and oxygen atoms in total. The molecule has 0 amide bonds. The number of aromatic nitrogens is 1. The highest BCUT2D eigenvalue weighted by Gasteiger charge is 2.24. The zero-order chi connectivity index (χ0) is 10.1. The summed E-state index contributed by atoms with van der Waals surface area (Å²) in [6, 6.07) is 0. The molecular weight excluding hydrogens is 239 g/mol. The number of hydrogen-bond acceptors (Lipinski definition) is 3. The van der Waals surface area contributed by atoms with Crippen LogP contribution >= 0.6 is 34.5 Å². The summed E-state index contributed by atoms with van der Waals surface area (Å²) >= 11 is 13.3. The molecule has 0 atom stereocenters. The maximum atomic E-state index is 5.93. The minimum Gasteiger partial charge on any atom is -0.351 e. The fourth-order valence-electron chi connectivity index (χ4n) is 1.33. The molecule has 1 aromatic heterocycles. The Kier molecular flexibility index (Phi) is 3.20. The number of hydrogen-bond donors (Lipinski definition) is 0. The van der Waals surface area contributed by atoms with Crippen LogP contribution in [0.25, 0.3) is 0 Å². The summed E-state index contributed by atoms with van der Waals surface area (Å²) in [5.41, 5.74) is 0. The van der Waals surface area contributed by atoms with Crippen LogP contribution in [0.2, 0.25) is 5.15 Å². The molecule has 0 aromatic carbocycles. The SMILES string of the molecule is CN(CC1CC1)c1nc(Cl)c(CCl)s1. The third-order valence-electron chi connectivity index (χ3n) is 2.32. The molecule has 0 aliphatic heterocycles. The Labute approximate surface area is 97.8 Å². The lowest BCUT2D eigenvalue weighted by atomic mass is 10.4. The smallest absolute Gasteiger partial charge is 0.186 e. The van der Waals surface area contributed by atoms with E-state index in [0.717, 1.165) is 22.5 Å². The minimum absolute atomic E-state index is 0.452. The van der Waals surface area contributed by atoms with E-state index in [-0.39, 0.29) is 0 Å². The predicted molar refractivity (Wildman–Crippen MR) is 62.7 cm³/mol. The first-order chi connectivity index (χ1) is 6.70. The van der Waals surface area contributed by atoms with Gasteiger partial charge in [0.05, 0.1) is 10.8 Å². The van der Waals surface area contributed by atoms with Crippen LogP contribution in [-0.2, 0) is 5.88 Å². The first kappa shape index (κ1) is 10.5. The average molecular weight is 251 g/mol. The highest BCUT2D eigenvalue weighted by molar-refractivity contribution is 7.16. The molecule has 1 aromatic rings. The summed E-state index contributed by atoms with van der Waals surface area (Å²) in [5.74, 6) is 1.32. The van der Waals surface area contributed by atoms with Crippen LogP contribution in [0.4, 0.5) is 5.13 Å². The fourth-order valence-corrected chi connectivity index (χ4v) is 2.78. The van der Waals surface area contributed by atoms with Gasteiger partial charge < -0.3 is 4.90 Å². The van der Waals surface area contributed by atoms with Gasteiger partial charge in [0.25, 0.3) is 0 Å². The lowest BCUT2D eigenvalue weighted by Gasteiger charge is -2.14. The second-order valence-electron chi connectivity index (χ2n) is 3.67. The molecule has 0 unspecified atom stereocenters. The monoisotopic (exact) mass is 250 g/mol. The number of nitrogens with zero attached hydrogens (tertiary/aromatic N) is 2. The molecule has 14 heavy (non-hydrogen) atoms. The van der Waals surface area contributed by atoms with Crippen LogP contribution in [0, 0.1) is 5.92 Å². The summed E-state index contributed by atoms with van der Waals surface area (Å²) in [4.78, 5) is 7.42. The van der Waals surface area contributed by atoms with E-state index >= 15 is 0 Å². The van der Waals surface area contributed by atoms with Crippen LogP contribution in [-0.4, -0.2) is 18.6 Å². The van der Waals surface area contributed by atoms with Gasteiger partial charge in [-0.3, -0.25) is 0 Å². The molecule has 1 fully saturated rings. The van der Waals surface area contributed by atoms with E-state index in [1.165, 1.54) is 12.8 Å². The maximum absolute atomic E-state index is 5.93. The van der Waals surface area contributed by atoms with Crippen LogP contribution in [0.1, 0.15) is 17.7 Å². The fraction of sp³-hybridized carbons (Fsp3) is 0.667. The molecule has 2 rings (SSSR count). The van der Waals surface area contributed by atoms with Gasteiger partial charge in [-0.1, -0.05) is 22.9 Å². The third kappa shape index (κ3) is 2.33. The first-order valence-corrected chi connectivity index (χ1v) is 6.36. The zero-order valence-electron chi connectivity index (χ0n) is 7.96. The van der Waals surface area contributed by atoms with Crippen molar-refractivity contribution in [1.82, 2.24) is 4.98 Å². The van der Waals surface area contributed by atoms with Crippen molar-refractivity contribution in [3.63, 3.8) is 0 Å². The van der Waals surface area contributed by atoms with Crippen LogP contribution in [0.5, 0.6) is 0 Å². The van der Waals surface area contributed by atoms with E-state index in [0.29, 0.717) is 11.0 Å². The van der Waals surface area contributed by atoms with Gasteiger partial charge in [-0.2, -0.15) is 0 Å². The van der Waals surface area contributed by atoms with Crippen molar-refractivity contribution >= 4 is 39.7 Å². The Hall–Kier alpha value is 0.01000. The van der Waals surface area contributed by atoms with Crippen LogP contribution in [0.15, 0.2) is 0 Å². The number of rotatable bonds is 4. The largest absolute Gasteiger partial charge is 0.351 e. The Morgan fingerprint density at radius 2 is 2.29 bits per heavy atom. The average Bonchev–Trinajstić information content (AvgIpc) is 2.87. The van der Waals surface area contributed by atoms with Crippen molar-refractivity contribution in [2.75, 3.05) is 18.5 Å². The van der Waals surface area contributed by atoms with Gasteiger partial charge in [0.2, 0.25) is 0 Å². The molecule has 0 bridgehead atoms. The molecule has 1 saturated carbocycles. The van der Waals surface area contributed by atoms with Gasteiger partial charge in [-0.25, -0.2) is 4.98 Å². The van der Waals surface area contributed by atoms with Crippen molar-refractivity contribution < 1.29 is 0 Å². The van der Waals surface area contributed by atoms with Crippen molar-refractivity contribution in [3.8, 4) is 0 Å². The summed E-state index contributed by atoms with van der Waals surface area (Å²) < 4.78 is 0. The minimum atomic E-state index is 0.452. The van der Waals surface area contributed by atoms with Gasteiger partial charge in [0.1, 0.15) is 5.15 Å². The molecule has 0 saturated heterocycles. The Bertz CT molecular complexity index is 323. The Morgan fingerprint density at radius 3 is 2.79 bits per heavy atom. The van der Waals surface area contributed by atoms with Crippen molar-refractivity contribution in [2.24, 2.45) is 5.92 Å². The molecule has 0 N–H and O–H groups in total. The molecule has 1 heterocycles. The topological polar surface area (TPSA) is 16.1 Å². The first-order valence-electron chi connectivity index (χ1n) is 4.63. The summed E-state index contributed by atoms with van der Waals surface area (Å²) in [5, 5.41) is 1.54. The Balaban J connectivity index is 2.06. The van der Waals surface area contributed by atoms with Crippen LogP contribution < -0.4 is 4.90 Å². The summed E-state index contributed by atoms with van der Waals surface area (Å²) in [6.45, 7) is 1.09. The number of alkyl halides is 1. The lowest BCUT2D eigenvalue weighted by molar-refractivity contribution is 0.784. The van der Waals surface area contributed by atoms with E-state index < -0.39 is 0 Å². The molecule has 78 valence electrons. The third-order valence-corrected chi connectivity index (χ3v) is 4.34. The summed E-state index contributed by atoms with van der Waals surface area (Å²) in [6.07, 6.45) is 2.71. The lowest BCUT2D eigenvalue weighted by Crippen LogP contribution is -2.19. The zero-order valence-corrected chi connectivity index (χ0v) is 10.3. The molecule has 0 spiro atoms. The highest BCUT2D eigenvalue weighted by atomic mass is 35.5. The second-order valence-corrected chi connectivity index (χ2v) is 5.36. The summed E-state index contributed by atoms with van der Waals surface area (Å²) in [7, 11) is 2.06. The van der Waals surface area contributed by atoms with Crippen molar-refractivity contribution in [3.05, 3.63) is 10.0 Å². The highest BCUT2D eigenvalue weighted by Crippen LogP contribution is 2.34. The normalized spacial score (nSPS) is 15.9. The molecule has 0 radical (unpaired) electrons. The quantitative estimate of drug-likeness (QED) is 0.762. The molecule has 1 aliphatic carbocycles. The number of halogens is 2. The van der Waals surface area contributed by atoms with Gasteiger partial charge in [0.15, 0.2) is 5.13 Å². The molecular formula is C9H12Cl2N2S. The van der Waals surface area contributed by atoms with E-state index in [2.05, 4.69) is 16.9 Å². The number of thiazole rings is 1. The van der Waals surface area contributed by atoms with Gasteiger partial charge in [-0.05, 0) is 18.8 Å². The number of anilines is 1. The maximum Gasteiger partial charge on any atom is 0.186 e. The van der Waals surface area contributed by atoms with Crippen LogP contribution in [0.3, 0.4) is 0 Å². The van der Waals surface area contributed by atoms with E-state index in [1.807, 2.05) is 0 Å². The molecule has 5 heteroatoms.